The second-order valence-electron chi connectivity index (χ2n) is 5.15. The molecule has 0 saturated heterocycles. The molecule has 0 unspecified atom stereocenters. The summed E-state index contributed by atoms with van der Waals surface area (Å²) in [5.41, 5.74) is 0.879. The Labute approximate surface area is 127 Å². The number of nitrogens with zero attached hydrogens (tertiary/aromatic N) is 2. The van der Waals surface area contributed by atoms with Crippen molar-refractivity contribution in [2.24, 2.45) is 0 Å². The molecule has 0 spiro atoms. The van der Waals surface area contributed by atoms with E-state index in [-0.39, 0.29) is 0 Å². The first-order chi connectivity index (χ1) is 9.84. The lowest BCUT2D eigenvalue weighted by molar-refractivity contribution is 0.126. The van der Waals surface area contributed by atoms with Crippen LogP contribution >= 0.6 is 0 Å². The maximum absolute atomic E-state index is 11.9. The van der Waals surface area contributed by atoms with Crippen LogP contribution in [0.1, 0.15) is 0 Å². The fourth-order valence-corrected chi connectivity index (χ4v) is 2.47. The third-order valence-electron chi connectivity index (χ3n) is 2.89. The third kappa shape index (κ3) is 6.01. The Bertz CT molecular complexity index is 513. The molecule has 1 aromatic rings. The second-order valence-corrected chi connectivity index (χ2v) is 7.31. The SMILES string of the molecule is CN(C)CCOCCNc1ccc(S(=O)(=O)N(C)C)cc1. The van der Waals surface area contributed by atoms with E-state index in [1.807, 2.05) is 14.1 Å². The molecule has 0 aromatic heterocycles. The van der Waals surface area contributed by atoms with Crippen LogP contribution in [0, 0.1) is 0 Å². The zero-order valence-corrected chi connectivity index (χ0v) is 14.0. The number of nitrogens with one attached hydrogen (secondary N) is 1. The molecule has 21 heavy (non-hydrogen) atoms. The second kappa shape index (κ2) is 8.33. The van der Waals surface area contributed by atoms with Gasteiger partial charge in [-0.1, -0.05) is 0 Å². The topological polar surface area (TPSA) is 61.9 Å². The van der Waals surface area contributed by atoms with Crippen molar-refractivity contribution in [1.82, 2.24) is 9.21 Å². The van der Waals surface area contributed by atoms with E-state index in [4.69, 9.17) is 4.74 Å². The number of anilines is 1. The van der Waals surface area contributed by atoms with Gasteiger partial charge in [0.05, 0.1) is 18.1 Å². The standard InChI is InChI=1S/C14H25N3O3S/c1-16(2)10-12-20-11-9-15-13-5-7-14(8-6-13)21(18,19)17(3)4/h5-8,15H,9-12H2,1-4H3. The summed E-state index contributed by atoms with van der Waals surface area (Å²) >= 11 is 0. The van der Waals surface area contributed by atoms with Crippen molar-refractivity contribution in [3.8, 4) is 0 Å². The van der Waals surface area contributed by atoms with Crippen LogP contribution in [0.25, 0.3) is 0 Å². The van der Waals surface area contributed by atoms with Crippen LogP contribution in [0.4, 0.5) is 5.69 Å². The number of likely N-dealkylation sites (N-methyl/N-ethyl adjacent to an activating group) is 1. The highest BCUT2D eigenvalue weighted by molar-refractivity contribution is 7.89. The lowest BCUT2D eigenvalue weighted by atomic mass is 10.3. The maximum atomic E-state index is 11.9. The van der Waals surface area contributed by atoms with E-state index < -0.39 is 10.0 Å². The Hall–Kier alpha value is -1.15. The van der Waals surface area contributed by atoms with Gasteiger partial charge in [-0.25, -0.2) is 12.7 Å². The van der Waals surface area contributed by atoms with Gasteiger partial charge >= 0.3 is 0 Å². The fourth-order valence-electron chi connectivity index (χ4n) is 1.57. The molecule has 0 bridgehead atoms. The molecule has 120 valence electrons. The van der Waals surface area contributed by atoms with E-state index in [0.29, 0.717) is 24.7 Å². The Morgan fingerprint density at radius 3 is 2.19 bits per heavy atom. The molecule has 1 aromatic carbocycles. The molecule has 0 aliphatic heterocycles. The number of sulfonamides is 1. The van der Waals surface area contributed by atoms with Crippen LogP contribution in [0.15, 0.2) is 29.2 Å². The van der Waals surface area contributed by atoms with E-state index in [2.05, 4.69) is 10.2 Å². The number of ether oxygens (including phenoxy) is 1. The highest BCUT2D eigenvalue weighted by Crippen LogP contribution is 2.16. The molecule has 7 heteroatoms. The minimum atomic E-state index is -3.36. The summed E-state index contributed by atoms with van der Waals surface area (Å²) in [5.74, 6) is 0. The predicted octanol–water partition coefficient (Wildman–Crippen LogP) is 0.927. The summed E-state index contributed by atoms with van der Waals surface area (Å²) in [6, 6.07) is 6.72. The smallest absolute Gasteiger partial charge is 0.242 e. The monoisotopic (exact) mass is 315 g/mol. The van der Waals surface area contributed by atoms with E-state index in [0.717, 1.165) is 12.2 Å². The summed E-state index contributed by atoms with van der Waals surface area (Å²) in [6.07, 6.45) is 0. The van der Waals surface area contributed by atoms with Crippen molar-refractivity contribution in [2.45, 2.75) is 4.90 Å². The van der Waals surface area contributed by atoms with Gasteiger partial charge in [-0.3, -0.25) is 0 Å². The van der Waals surface area contributed by atoms with Crippen molar-refractivity contribution in [3.63, 3.8) is 0 Å². The average molecular weight is 315 g/mol. The summed E-state index contributed by atoms with van der Waals surface area (Å²) in [6.45, 7) is 2.91. The third-order valence-corrected chi connectivity index (χ3v) is 4.72. The van der Waals surface area contributed by atoms with Crippen LogP contribution < -0.4 is 5.32 Å². The van der Waals surface area contributed by atoms with Gasteiger partial charge in [-0.2, -0.15) is 0 Å². The van der Waals surface area contributed by atoms with Gasteiger partial charge in [0, 0.05) is 32.9 Å². The van der Waals surface area contributed by atoms with Crippen molar-refractivity contribution in [1.29, 1.82) is 0 Å². The fraction of sp³-hybridized carbons (Fsp3) is 0.571. The van der Waals surface area contributed by atoms with Crippen LogP contribution in [0.5, 0.6) is 0 Å². The average Bonchev–Trinajstić information content (AvgIpc) is 2.42. The minimum Gasteiger partial charge on any atom is -0.383 e. The molecule has 6 nitrogen and oxygen atoms in total. The zero-order chi connectivity index (χ0) is 15.9. The summed E-state index contributed by atoms with van der Waals surface area (Å²) in [4.78, 5) is 2.36. The van der Waals surface area contributed by atoms with Gasteiger partial charge < -0.3 is 15.0 Å². The molecule has 0 radical (unpaired) electrons. The zero-order valence-electron chi connectivity index (χ0n) is 13.2. The largest absolute Gasteiger partial charge is 0.383 e. The molecule has 0 aliphatic carbocycles. The molecule has 0 saturated carbocycles. The molecule has 0 heterocycles. The Morgan fingerprint density at radius 1 is 1.05 bits per heavy atom. The predicted molar refractivity (Wildman–Crippen MR) is 85.2 cm³/mol. The molecule has 1 N–H and O–H groups in total. The molecule has 0 aliphatic rings. The Balaban J connectivity index is 2.39. The van der Waals surface area contributed by atoms with Crippen molar-refractivity contribution < 1.29 is 13.2 Å². The number of hydrogen-bond acceptors (Lipinski definition) is 5. The number of rotatable bonds is 9. The summed E-state index contributed by atoms with van der Waals surface area (Å²) in [7, 11) is 3.69. The highest BCUT2D eigenvalue weighted by Gasteiger charge is 2.16. The van der Waals surface area contributed by atoms with Gasteiger partial charge in [-0.05, 0) is 38.4 Å². The summed E-state index contributed by atoms with van der Waals surface area (Å²) in [5, 5.41) is 3.19. The quantitative estimate of drug-likeness (QED) is 0.687. The van der Waals surface area contributed by atoms with E-state index >= 15 is 0 Å². The molecule has 0 atom stereocenters. The van der Waals surface area contributed by atoms with Crippen LogP contribution in [0.2, 0.25) is 0 Å². The van der Waals surface area contributed by atoms with Crippen molar-refractivity contribution >= 4 is 15.7 Å². The van der Waals surface area contributed by atoms with Crippen LogP contribution in [0.3, 0.4) is 0 Å². The Kier molecular flexibility index (Phi) is 7.10. The van der Waals surface area contributed by atoms with Crippen molar-refractivity contribution in [3.05, 3.63) is 24.3 Å². The Morgan fingerprint density at radius 2 is 1.67 bits per heavy atom. The molecule has 0 amide bonds. The number of benzene rings is 1. The van der Waals surface area contributed by atoms with Crippen LogP contribution in [-0.4, -0.2) is 72.1 Å². The van der Waals surface area contributed by atoms with Gasteiger partial charge in [0.25, 0.3) is 0 Å². The maximum Gasteiger partial charge on any atom is 0.242 e. The first kappa shape index (κ1) is 17.9. The van der Waals surface area contributed by atoms with Crippen LogP contribution in [-0.2, 0) is 14.8 Å². The van der Waals surface area contributed by atoms with Gasteiger partial charge in [0.15, 0.2) is 0 Å². The van der Waals surface area contributed by atoms with Gasteiger partial charge in [0.2, 0.25) is 10.0 Å². The van der Waals surface area contributed by atoms with E-state index in [1.165, 1.54) is 18.4 Å². The van der Waals surface area contributed by atoms with Gasteiger partial charge in [0.1, 0.15) is 0 Å². The first-order valence-electron chi connectivity index (χ1n) is 6.83. The van der Waals surface area contributed by atoms with E-state index in [9.17, 15) is 8.42 Å². The van der Waals surface area contributed by atoms with Gasteiger partial charge in [-0.15, -0.1) is 0 Å². The highest BCUT2D eigenvalue weighted by atomic mass is 32.2. The first-order valence-corrected chi connectivity index (χ1v) is 8.27. The number of hydrogen-bond donors (Lipinski definition) is 1. The minimum absolute atomic E-state index is 0.292. The molecule has 0 fully saturated rings. The lowest BCUT2D eigenvalue weighted by Gasteiger charge is -2.13. The molecular formula is C14H25N3O3S. The molecular weight excluding hydrogens is 290 g/mol. The van der Waals surface area contributed by atoms with Crippen molar-refractivity contribution in [2.75, 3.05) is 59.8 Å². The van der Waals surface area contributed by atoms with E-state index in [1.54, 1.807) is 24.3 Å². The lowest BCUT2D eigenvalue weighted by Crippen LogP contribution is -2.22. The summed E-state index contributed by atoms with van der Waals surface area (Å²) < 4.78 is 30.5. The normalized spacial score (nSPS) is 12.1. The molecule has 1 rings (SSSR count).